The van der Waals surface area contributed by atoms with E-state index in [2.05, 4.69) is 187 Å². The maximum atomic E-state index is 5.20. The van der Waals surface area contributed by atoms with E-state index in [0.717, 1.165) is 39.2 Å². The lowest BCUT2D eigenvalue weighted by Gasteiger charge is -2.39. The maximum Gasteiger partial charge on any atom is 0.182 e. The first-order chi connectivity index (χ1) is 29.7. The number of aromatic nitrogens is 3. The van der Waals surface area contributed by atoms with Crippen LogP contribution in [0.3, 0.4) is 0 Å². The smallest absolute Gasteiger partial charge is 0.182 e. The van der Waals surface area contributed by atoms with Crippen molar-refractivity contribution in [1.82, 2.24) is 15.2 Å². The number of hydrogen-bond acceptors (Lipinski definition) is 4. The van der Waals surface area contributed by atoms with Crippen LogP contribution in [-0.2, 0) is 5.41 Å². The molecule has 0 saturated carbocycles. The number of benzene rings is 9. The topological polar surface area (TPSA) is 38.7 Å². The van der Waals surface area contributed by atoms with Crippen LogP contribution >= 0.6 is 11.8 Å². The molecule has 2 aliphatic rings. The molecule has 60 heavy (non-hydrogen) atoms. The van der Waals surface area contributed by atoms with Crippen molar-refractivity contribution < 1.29 is 0 Å². The van der Waals surface area contributed by atoms with Crippen molar-refractivity contribution in [3.8, 4) is 67.3 Å². The molecule has 12 rings (SSSR count). The number of fused-ring (bicyclic) bond motifs is 10. The van der Waals surface area contributed by atoms with Crippen molar-refractivity contribution in [2.24, 2.45) is 0 Å². The van der Waals surface area contributed by atoms with Crippen LogP contribution in [0.5, 0.6) is 0 Å². The van der Waals surface area contributed by atoms with Crippen LogP contribution in [0.2, 0.25) is 0 Å². The molecule has 0 fully saturated rings. The van der Waals surface area contributed by atoms with E-state index in [-0.39, 0.29) is 5.41 Å². The molecule has 280 valence electrons. The summed E-state index contributed by atoms with van der Waals surface area (Å²) >= 11 is 1.88. The Kier molecular flexibility index (Phi) is 8.00. The molecule has 0 unspecified atom stereocenters. The van der Waals surface area contributed by atoms with Gasteiger partial charge < -0.3 is 0 Å². The van der Waals surface area contributed by atoms with Crippen LogP contribution in [0.25, 0.3) is 78.1 Å². The van der Waals surface area contributed by atoms with Gasteiger partial charge in [0.1, 0.15) is 11.4 Å². The predicted molar refractivity (Wildman–Crippen MR) is 246 cm³/mol. The SMILES string of the molecule is c1ccc(-c2nnc(-c3ccc(-c4cccc5ccccc45)cc3)c(-c3ccc(-c4ccc5c(c4)-c4ccccc4C54c5ccccc5Sc5ccccc54)cc3)n2)cc1. The van der Waals surface area contributed by atoms with E-state index >= 15 is 0 Å². The van der Waals surface area contributed by atoms with Gasteiger partial charge in [-0.1, -0.05) is 206 Å². The van der Waals surface area contributed by atoms with Crippen LogP contribution in [0.4, 0.5) is 0 Å². The van der Waals surface area contributed by atoms with E-state index in [0.29, 0.717) is 5.82 Å². The van der Waals surface area contributed by atoms with Gasteiger partial charge in [0.05, 0.1) is 5.41 Å². The first-order valence-electron chi connectivity index (χ1n) is 20.3. The molecule has 2 heterocycles. The fourth-order valence-corrected chi connectivity index (χ4v) is 10.8. The number of hydrogen-bond donors (Lipinski definition) is 0. The van der Waals surface area contributed by atoms with Crippen molar-refractivity contribution in [2.45, 2.75) is 15.2 Å². The molecule has 4 heteroatoms. The van der Waals surface area contributed by atoms with Gasteiger partial charge in [0.15, 0.2) is 5.82 Å². The van der Waals surface area contributed by atoms with Crippen molar-refractivity contribution in [1.29, 1.82) is 0 Å². The summed E-state index contributed by atoms with van der Waals surface area (Å²) in [5.74, 6) is 0.598. The Balaban J connectivity index is 0.952. The summed E-state index contributed by atoms with van der Waals surface area (Å²) in [5.41, 5.74) is 16.7. The zero-order chi connectivity index (χ0) is 39.6. The summed E-state index contributed by atoms with van der Waals surface area (Å²) in [4.78, 5) is 7.82. The van der Waals surface area contributed by atoms with Gasteiger partial charge in [0.25, 0.3) is 0 Å². The summed E-state index contributed by atoms with van der Waals surface area (Å²) in [6.45, 7) is 0. The molecular weight excluding hydrogens is 747 g/mol. The van der Waals surface area contributed by atoms with Gasteiger partial charge in [-0.2, -0.15) is 0 Å². The first-order valence-corrected chi connectivity index (χ1v) is 21.2. The molecule has 1 spiro atoms. The molecule has 0 saturated heterocycles. The van der Waals surface area contributed by atoms with E-state index < -0.39 is 0 Å². The summed E-state index contributed by atoms with van der Waals surface area (Å²) in [7, 11) is 0. The first kappa shape index (κ1) is 34.6. The van der Waals surface area contributed by atoms with Crippen LogP contribution in [0.15, 0.2) is 222 Å². The Labute approximate surface area is 353 Å². The Morgan fingerprint density at radius 3 is 1.65 bits per heavy atom. The van der Waals surface area contributed by atoms with Crippen molar-refractivity contribution in [3.05, 3.63) is 235 Å². The molecular formula is C56H35N3S. The van der Waals surface area contributed by atoms with Gasteiger partial charge in [-0.05, 0) is 84.6 Å². The van der Waals surface area contributed by atoms with Crippen LogP contribution in [-0.4, -0.2) is 15.2 Å². The molecule has 10 aromatic rings. The highest BCUT2D eigenvalue weighted by Crippen LogP contribution is 2.62. The standard InChI is InChI=1S/C56H35N3S/c1-2-14-41(15-3-1)55-57-53(54(58-59-55)40-31-27-38(28-32-40)44-19-12-16-37-13-4-5-17-43(37)44)39-29-25-36(26-30-39)42-33-34-48-46(35-42)45-18-6-7-20-47(45)56(48)49-21-8-10-23-51(49)60-52-24-11-9-22-50(52)56/h1-35H. The Morgan fingerprint density at radius 2 is 0.883 bits per heavy atom. The lowest BCUT2D eigenvalue weighted by atomic mass is 9.67. The van der Waals surface area contributed by atoms with Gasteiger partial charge in [-0.3, -0.25) is 0 Å². The summed E-state index contributed by atoms with van der Waals surface area (Å²) in [6, 6.07) is 76.5. The third kappa shape index (κ3) is 5.35. The molecule has 1 aliphatic carbocycles. The average molecular weight is 782 g/mol. The van der Waals surface area contributed by atoms with Crippen LogP contribution in [0, 0.1) is 0 Å². The highest BCUT2D eigenvalue weighted by atomic mass is 32.2. The molecule has 0 bridgehead atoms. The molecule has 9 aromatic carbocycles. The largest absolute Gasteiger partial charge is 0.224 e. The molecule has 0 radical (unpaired) electrons. The summed E-state index contributed by atoms with van der Waals surface area (Å²) in [6.07, 6.45) is 0. The van der Waals surface area contributed by atoms with Gasteiger partial charge in [0, 0.05) is 26.5 Å². The Morgan fingerprint density at radius 1 is 0.333 bits per heavy atom. The lowest BCUT2D eigenvalue weighted by Crippen LogP contribution is -2.31. The summed E-state index contributed by atoms with van der Waals surface area (Å²) < 4.78 is 0. The third-order valence-corrected chi connectivity index (χ3v) is 13.5. The minimum absolute atomic E-state index is 0.382. The van der Waals surface area contributed by atoms with Crippen molar-refractivity contribution >= 4 is 22.5 Å². The minimum Gasteiger partial charge on any atom is -0.224 e. The van der Waals surface area contributed by atoms with Gasteiger partial charge >= 0.3 is 0 Å². The zero-order valence-electron chi connectivity index (χ0n) is 32.5. The van der Waals surface area contributed by atoms with Gasteiger partial charge in [0.2, 0.25) is 0 Å². The van der Waals surface area contributed by atoms with E-state index in [1.54, 1.807) is 0 Å². The Hall–Kier alpha value is -7.40. The van der Waals surface area contributed by atoms with Crippen LogP contribution in [0.1, 0.15) is 22.3 Å². The van der Waals surface area contributed by atoms with Gasteiger partial charge in [-0.25, -0.2) is 4.98 Å². The second-order valence-corrected chi connectivity index (χ2v) is 16.6. The molecule has 0 amide bonds. The quantitative estimate of drug-likeness (QED) is 0.174. The number of rotatable bonds is 5. The fraction of sp³-hybridized carbons (Fsp3) is 0.0179. The number of nitrogens with zero attached hydrogens (tertiary/aromatic N) is 3. The monoisotopic (exact) mass is 781 g/mol. The van der Waals surface area contributed by atoms with E-state index in [1.807, 2.05) is 42.1 Å². The molecule has 3 nitrogen and oxygen atoms in total. The molecule has 1 aliphatic heterocycles. The normalized spacial score (nSPS) is 13.1. The highest BCUT2D eigenvalue weighted by molar-refractivity contribution is 7.99. The Bertz CT molecular complexity index is 3230. The zero-order valence-corrected chi connectivity index (χ0v) is 33.3. The fourth-order valence-electron chi connectivity index (χ4n) is 9.58. The van der Waals surface area contributed by atoms with E-state index in [4.69, 9.17) is 10.1 Å². The van der Waals surface area contributed by atoms with Crippen molar-refractivity contribution in [3.63, 3.8) is 0 Å². The van der Waals surface area contributed by atoms with E-state index in [1.165, 1.54) is 65.1 Å². The summed E-state index contributed by atoms with van der Waals surface area (Å²) in [5, 5.41) is 12.0. The molecule has 0 atom stereocenters. The maximum absolute atomic E-state index is 5.20. The van der Waals surface area contributed by atoms with Crippen LogP contribution < -0.4 is 0 Å². The second-order valence-electron chi connectivity index (χ2n) is 15.5. The van der Waals surface area contributed by atoms with Gasteiger partial charge in [-0.15, -0.1) is 10.2 Å². The third-order valence-electron chi connectivity index (χ3n) is 12.3. The minimum atomic E-state index is -0.382. The highest BCUT2D eigenvalue weighted by Gasteiger charge is 2.50. The predicted octanol–water partition coefficient (Wildman–Crippen LogP) is 14.2. The lowest BCUT2D eigenvalue weighted by molar-refractivity contribution is 0.722. The average Bonchev–Trinajstić information content (AvgIpc) is 3.61. The van der Waals surface area contributed by atoms with E-state index in [9.17, 15) is 0 Å². The second kappa shape index (κ2) is 13.9. The molecule has 0 N–H and O–H groups in total. The van der Waals surface area contributed by atoms with Crippen molar-refractivity contribution in [2.75, 3.05) is 0 Å². The molecule has 1 aromatic heterocycles.